The monoisotopic (exact) mass is 1400 g/mol. The van der Waals surface area contributed by atoms with E-state index in [0.717, 1.165) is 51.2 Å². The summed E-state index contributed by atoms with van der Waals surface area (Å²) in [5, 5.41) is 32.8. The zero-order valence-corrected chi connectivity index (χ0v) is 56.7. The summed E-state index contributed by atoms with van der Waals surface area (Å²) < 4.78 is 50.2. The fourth-order valence-corrected chi connectivity index (χ4v) is 13.8. The minimum Gasteiger partial charge on any atom is -0.368 e. The maximum absolute atomic E-state index is 13.6. The average Bonchev–Trinajstić information content (AvgIpc) is 0.835. The molecular weight excluding hydrogens is 1330 g/mol. The van der Waals surface area contributed by atoms with Crippen molar-refractivity contribution in [2.24, 2.45) is 7.05 Å². The fourth-order valence-electron chi connectivity index (χ4n) is 13.6. The molecule has 1 unspecified atom stereocenters. The van der Waals surface area contributed by atoms with Crippen molar-refractivity contribution in [2.45, 2.75) is 39.0 Å². The van der Waals surface area contributed by atoms with E-state index in [0.29, 0.717) is 134 Å². The minimum absolute atomic E-state index is 0.0362. The molecule has 0 bridgehead atoms. The molecule has 0 saturated carbocycles. The van der Waals surface area contributed by atoms with Crippen molar-refractivity contribution in [3.63, 3.8) is 0 Å². The smallest absolute Gasteiger partial charge is 0.271 e. The number of ether oxygens (including phenoxy) is 1. The number of aromatic nitrogens is 3. The summed E-state index contributed by atoms with van der Waals surface area (Å²) in [7, 11) is 1.69. The van der Waals surface area contributed by atoms with Crippen LogP contribution in [0.3, 0.4) is 0 Å². The van der Waals surface area contributed by atoms with Crippen molar-refractivity contribution < 1.29 is 32.3 Å². The lowest BCUT2D eigenvalue weighted by atomic mass is 10.0. The molecule has 0 radical (unpaired) electrons. The molecule has 1 atom stereocenters. The Balaban J connectivity index is 0.000000145. The fraction of sp³-hybridized carbons (Fsp3) is 0.260. The Hall–Kier alpha value is -11.2. The number of fused-ring (bicyclic) bond motifs is 3. The molecule has 14 rings (SSSR count). The van der Waals surface area contributed by atoms with Gasteiger partial charge < -0.3 is 47.8 Å². The van der Waals surface area contributed by atoms with Crippen molar-refractivity contribution in [3.05, 3.63) is 261 Å². The Kier molecular flexibility index (Phi) is 21.0. The van der Waals surface area contributed by atoms with Gasteiger partial charge in [-0.05, 0) is 122 Å². The summed E-state index contributed by atoms with van der Waals surface area (Å²) in [4.78, 5) is 89.5. The van der Waals surface area contributed by atoms with Crippen molar-refractivity contribution in [3.8, 4) is 18.2 Å². The molecule has 3 amide bonds. The molecule has 0 aliphatic carbocycles. The second-order valence-electron chi connectivity index (χ2n) is 25.0. The Morgan fingerprint density at radius 1 is 0.475 bits per heavy atom. The first-order chi connectivity index (χ1) is 48.8. The molecule has 0 N–H and O–H groups in total. The number of piperazine rings is 3. The number of anilines is 3. The van der Waals surface area contributed by atoms with Crippen molar-refractivity contribution >= 4 is 90.7 Å². The number of aryl methyl sites for hydroxylation is 2. The predicted molar refractivity (Wildman–Crippen MR) is 382 cm³/mol. The third-order valence-corrected chi connectivity index (χ3v) is 19.5. The first-order valence-corrected chi connectivity index (χ1v) is 33.7. The van der Waals surface area contributed by atoms with Crippen LogP contribution in [0.15, 0.2) is 172 Å². The standard InChI is InChI=1S/C29H23Cl2FN4O2.C28H22F2N4O2.C20H22N4O3/c1-18-2-9-26-22(14-18)27(23(16-33)29(38)36(26)17-19-3-6-21(32)7-4-19)34-10-12-35(13-11-34)28(37)20-5-8-24(30)25(31)15-20;29-21-9-5-19(6-10-21)18-34-25-4-2-1-3-23(25)26(24(17-31)28(34)36)32-13-15-33(16-14-32)27(35)20-7-11-22(30)12-8-20;1-22-16-6-3-2-5-14(16)18(15(13-21)19(22)25)23-8-10-24(11-9-23)20(26)17-7-4-12-27-17/h2-9,14-15H,10-13,17H2,1H3;1-12H,13-16,18H2;2-3,5-6,17H,4,7-12H2,1H3. The molecule has 7 heterocycles. The normalized spacial score (nSPS) is 15.3. The summed E-state index contributed by atoms with van der Waals surface area (Å²) >= 11 is 12.1. The van der Waals surface area contributed by atoms with Gasteiger partial charge in [0.1, 0.15) is 58.5 Å². The first kappa shape index (κ1) is 69.7. The molecule has 10 aromatic rings. The van der Waals surface area contributed by atoms with Gasteiger partial charge in [0.25, 0.3) is 34.4 Å². The van der Waals surface area contributed by atoms with E-state index in [9.17, 15) is 57.7 Å². The van der Waals surface area contributed by atoms with E-state index in [2.05, 4.69) is 23.1 Å². The number of carbonyl (C=O) groups is 3. The number of para-hydroxylation sites is 2. The van der Waals surface area contributed by atoms with Crippen LogP contribution in [0.4, 0.5) is 30.2 Å². The number of nitrogens with zero attached hydrogens (tertiary/aromatic N) is 12. The van der Waals surface area contributed by atoms with Crippen LogP contribution in [0, 0.1) is 58.4 Å². The zero-order chi connectivity index (χ0) is 71.2. The molecule has 4 saturated heterocycles. The van der Waals surface area contributed by atoms with Crippen LogP contribution in [-0.4, -0.2) is 137 Å². The number of nitriles is 3. The van der Waals surface area contributed by atoms with Crippen molar-refractivity contribution in [1.82, 2.24) is 28.4 Å². The molecule has 512 valence electrons. The number of hydrogen-bond acceptors (Lipinski definition) is 13. The second kappa shape index (κ2) is 30.5. The van der Waals surface area contributed by atoms with E-state index in [1.165, 1.54) is 53.1 Å². The van der Waals surface area contributed by atoms with E-state index < -0.39 is 16.9 Å². The molecular formula is C77H67Cl2F3N12O7. The van der Waals surface area contributed by atoms with Crippen LogP contribution in [0.1, 0.15) is 66.9 Å². The van der Waals surface area contributed by atoms with E-state index in [-0.39, 0.29) is 70.8 Å². The van der Waals surface area contributed by atoms with Crippen LogP contribution in [0.25, 0.3) is 32.7 Å². The van der Waals surface area contributed by atoms with Crippen molar-refractivity contribution in [2.75, 3.05) is 99.8 Å². The largest absolute Gasteiger partial charge is 0.368 e. The summed E-state index contributed by atoms with van der Waals surface area (Å²) in [6.07, 6.45) is 1.41. The highest BCUT2D eigenvalue weighted by Gasteiger charge is 2.34. The lowest BCUT2D eigenvalue weighted by Crippen LogP contribution is -2.52. The molecule has 19 nitrogen and oxygen atoms in total. The van der Waals surface area contributed by atoms with Crippen LogP contribution in [0.5, 0.6) is 0 Å². The Labute approximate surface area is 589 Å². The Bertz CT molecular complexity index is 5180. The molecule has 0 spiro atoms. The van der Waals surface area contributed by atoms with E-state index >= 15 is 0 Å². The van der Waals surface area contributed by atoms with Gasteiger partial charge in [-0.2, -0.15) is 15.8 Å². The molecule has 7 aromatic carbocycles. The van der Waals surface area contributed by atoms with Crippen molar-refractivity contribution in [1.29, 1.82) is 15.8 Å². The average molecular weight is 1400 g/mol. The van der Waals surface area contributed by atoms with Gasteiger partial charge in [0.05, 0.1) is 56.7 Å². The second-order valence-corrected chi connectivity index (χ2v) is 25.8. The summed E-state index contributed by atoms with van der Waals surface area (Å²) in [5.74, 6) is -1.40. The van der Waals surface area contributed by atoms with Gasteiger partial charge >= 0.3 is 0 Å². The van der Waals surface area contributed by atoms with Crippen LogP contribution >= 0.6 is 23.2 Å². The zero-order valence-electron chi connectivity index (χ0n) is 55.2. The first-order valence-electron chi connectivity index (χ1n) is 32.9. The van der Waals surface area contributed by atoms with Crippen LogP contribution in [-0.2, 0) is 29.7 Å². The summed E-state index contributed by atoms with van der Waals surface area (Å²) in [6, 6.07) is 49.3. The molecule has 4 aliphatic heterocycles. The summed E-state index contributed by atoms with van der Waals surface area (Å²) in [6.45, 7) is 8.72. The Morgan fingerprint density at radius 2 is 0.891 bits per heavy atom. The maximum Gasteiger partial charge on any atom is 0.271 e. The highest BCUT2D eigenvalue weighted by atomic mass is 35.5. The minimum atomic E-state index is -0.416. The number of pyridine rings is 3. The molecule has 4 aliphatic rings. The number of benzene rings is 7. The molecule has 24 heteroatoms. The lowest BCUT2D eigenvalue weighted by Gasteiger charge is -2.37. The number of hydrogen-bond donors (Lipinski definition) is 0. The number of halogens is 5. The predicted octanol–water partition coefficient (Wildman–Crippen LogP) is 11.0. The quantitative estimate of drug-likeness (QED) is 0.125. The number of rotatable bonds is 10. The van der Waals surface area contributed by atoms with Crippen LogP contribution in [0.2, 0.25) is 10.0 Å². The summed E-state index contributed by atoms with van der Waals surface area (Å²) in [5.41, 5.74) is 6.47. The van der Waals surface area contributed by atoms with Gasteiger partial charge in [0.2, 0.25) is 0 Å². The van der Waals surface area contributed by atoms with Gasteiger partial charge in [-0.3, -0.25) is 28.8 Å². The van der Waals surface area contributed by atoms with Gasteiger partial charge in [-0.15, -0.1) is 0 Å². The SMILES string of the molecule is Cc1ccc2c(c1)c(N1CCN(C(=O)c3ccc(Cl)c(Cl)c3)CC1)c(C#N)c(=O)n2Cc1ccc(F)cc1.Cn1c(=O)c(C#N)c(N2CCN(C(=O)C3CCCO3)CC2)c2ccccc21.N#Cc1c(N2CCN(C(=O)c3ccc(F)cc3)CC2)c2ccccc2n(Cc2ccc(F)cc2)c1=O. The maximum atomic E-state index is 13.6. The number of carbonyl (C=O) groups excluding carboxylic acids is 3. The van der Waals surface area contributed by atoms with Gasteiger partial charge in [0, 0.05) is 119 Å². The van der Waals surface area contributed by atoms with Gasteiger partial charge in [-0.25, -0.2) is 13.2 Å². The third-order valence-electron chi connectivity index (χ3n) is 18.8. The van der Waals surface area contributed by atoms with E-state index in [1.54, 1.807) is 68.4 Å². The number of amides is 3. The Morgan fingerprint density at radius 3 is 1.37 bits per heavy atom. The topological polar surface area (TPSA) is 217 Å². The molecule has 4 fully saturated rings. The van der Waals surface area contributed by atoms with Crippen LogP contribution < -0.4 is 31.4 Å². The van der Waals surface area contributed by atoms with Gasteiger partial charge in [-0.1, -0.05) is 95.5 Å². The third kappa shape index (κ3) is 14.6. The molecule has 3 aromatic heterocycles. The van der Waals surface area contributed by atoms with Gasteiger partial charge in [0.15, 0.2) is 0 Å². The van der Waals surface area contributed by atoms with E-state index in [4.69, 9.17) is 27.9 Å². The molecule has 101 heavy (non-hydrogen) atoms. The van der Waals surface area contributed by atoms with E-state index in [1.807, 2.05) is 88.4 Å². The highest BCUT2D eigenvalue weighted by molar-refractivity contribution is 6.42. The lowest BCUT2D eigenvalue weighted by molar-refractivity contribution is -0.141. The highest BCUT2D eigenvalue weighted by Crippen LogP contribution is 2.35.